The molecule has 0 atom stereocenters. The summed E-state index contributed by atoms with van der Waals surface area (Å²) in [4.78, 5) is 0. The molecular formula is C39H54OSiZr. The smallest absolute Gasteiger partial charge is 0.425 e. The number of hydrogen-bond acceptors (Lipinski definition) is 1. The van der Waals surface area contributed by atoms with Crippen LogP contribution in [0.25, 0.3) is 12.2 Å². The van der Waals surface area contributed by atoms with Crippen molar-refractivity contribution in [2.45, 2.75) is 82.7 Å². The molecule has 0 heterocycles. The summed E-state index contributed by atoms with van der Waals surface area (Å²) in [5.41, 5.74) is 11.2. The maximum atomic E-state index is 4.97. The molecule has 3 heteroatoms. The molecule has 0 aromatic heterocycles. The van der Waals surface area contributed by atoms with Crippen LogP contribution in [0.5, 0.6) is 0 Å². The van der Waals surface area contributed by atoms with E-state index in [2.05, 4.69) is 137 Å². The summed E-state index contributed by atoms with van der Waals surface area (Å²) in [5, 5.41) is 0. The zero-order valence-electron chi connectivity index (χ0n) is 28.4. The predicted molar refractivity (Wildman–Crippen MR) is 186 cm³/mol. The maximum Gasteiger partial charge on any atom is 2.00 e. The summed E-state index contributed by atoms with van der Waals surface area (Å²) in [5.74, 6) is 0. The molecule has 0 fully saturated rings. The quantitative estimate of drug-likeness (QED) is 0.177. The molecule has 4 rings (SSSR count). The van der Waals surface area contributed by atoms with E-state index in [0.717, 1.165) is 6.61 Å². The van der Waals surface area contributed by atoms with Crippen molar-refractivity contribution in [3.05, 3.63) is 130 Å². The van der Waals surface area contributed by atoms with Gasteiger partial charge in [0.05, 0.1) is 0 Å². The Morgan fingerprint density at radius 2 is 0.976 bits per heavy atom. The van der Waals surface area contributed by atoms with Gasteiger partial charge in [0.15, 0.2) is 9.76 Å². The van der Waals surface area contributed by atoms with Gasteiger partial charge in [-0.05, 0) is 18.1 Å². The molecule has 0 saturated carbocycles. The van der Waals surface area contributed by atoms with Crippen molar-refractivity contribution >= 4 is 21.9 Å². The molecule has 0 saturated heterocycles. The summed E-state index contributed by atoms with van der Waals surface area (Å²) >= 11 is 0. The molecule has 0 aliphatic heterocycles. The second-order valence-electron chi connectivity index (χ2n) is 11.6. The standard InChI is InChI=1S/C16H14.2C10H15.C3H10OSi.Zr/c1-3-9-15(10-4-1)13-7-8-14-16-11-5-2-6-12-16;2*1-7-6-10(4,5)9(3)8(7)2;1-3-4-5-2;/h1-14H;2*1-5H3;3,5H2,1-2H3;/q;2*-1;;+2. The normalized spacial score (nSPS) is 16.8. The van der Waals surface area contributed by atoms with E-state index >= 15 is 0 Å². The fraction of sp³-hybridized carbons (Fsp3) is 0.385. The van der Waals surface area contributed by atoms with Gasteiger partial charge < -0.3 is 4.43 Å². The van der Waals surface area contributed by atoms with Crippen molar-refractivity contribution in [2.75, 3.05) is 6.61 Å². The van der Waals surface area contributed by atoms with E-state index in [4.69, 9.17) is 4.43 Å². The minimum absolute atomic E-state index is 0. The first-order chi connectivity index (χ1) is 19.3. The Balaban J connectivity index is 0.000000569. The molecule has 2 aliphatic carbocycles. The monoisotopic (exact) mass is 656 g/mol. The van der Waals surface area contributed by atoms with Crippen molar-refractivity contribution in [1.82, 2.24) is 0 Å². The topological polar surface area (TPSA) is 9.23 Å². The number of rotatable bonds is 5. The van der Waals surface area contributed by atoms with Gasteiger partial charge in [-0.25, -0.2) is 11.1 Å². The summed E-state index contributed by atoms with van der Waals surface area (Å²) in [6.45, 7) is 26.9. The molecule has 42 heavy (non-hydrogen) atoms. The minimum Gasteiger partial charge on any atom is -0.425 e. The van der Waals surface area contributed by atoms with E-state index < -0.39 is 0 Å². The minimum atomic E-state index is -0.0860. The second-order valence-corrected chi connectivity index (χ2v) is 12.6. The van der Waals surface area contributed by atoms with Crippen LogP contribution in [0.15, 0.2) is 106 Å². The van der Waals surface area contributed by atoms with Gasteiger partial charge in [-0.2, -0.15) is 22.3 Å². The number of hydrogen-bond donors (Lipinski definition) is 0. The van der Waals surface area contributed by atoms with E-state index in [1.807, 2.05) is 43.3 Å². The van der Waals surface area contributed by atoms with E-state index in [0.29, 0.717) is 0 Å². The average molecular weight is 658 g/mol. The Bertz CT molecular complexity index is 1160. The Hall–Kier alpha value is -2.06. The third-order valence-corrected chi connectivity index (χ3v) is 8.64. The zero-order chi connectivity index (χ0) is 31.1. The molecule has 1 nitrogen and oxygen atoms in total. The van der Waals surface area contributed by atoms with Crippen molar-refractivity contribution in [3.63, 3.8) is 0 Å². The van der Waals surface area contributed by atoms with Gasteiger partial charge in [0.2, 0.25) is 0 Å². The Kier molecular flexibility index (Phi) is 19.0. The SMILES string of the molecule is C(C=Cc1ccccc1)=Cc1ccccc1.CC1=[C-]C(C)(C)C(C)=C1C.CC1=[C-]C(C)(C)C(C)=C1C.CCO[SiH2]C.[Zr+2]. The van der Waals surface area contributed by atoms with Gasteiger partial charge in [-0.15, -0.1) is 13.8 Å². The van der Waals surface area contributed by atoms with Crippen LogP contribution < -0.4 is 0 Å². The second kappa shape index (κ2) is 20.0. The van der Waals surface area contributed by atoms with Gasteiger partial charge in [-0.3, -0.25) is 12.2 Å². The van der Waals surface area contributed by atoms with Crippen LogP contribution in [-0.2, 0) is 30.6 Å². The Morgan fingerprint density at radius 3 is 1.14 bits per heavy atom. The molecule has 0 radical (unpaired) electrons. The fourth-order valence-electron chi connectivity index (χ4n) is 4.48. The first-order valence-corrected chi connectivity index (χ1v) is 16.9. The Morgan fingerprint density at radius 1 is 0.643 bits per heavy atom. The summed E-state index contributed by atoms with van der Waals surface area (Å²) in [6.07, 6.45) is 15.2. The molecule has 2 aromatic carbocycles. The molecule has 2 aromatic rings. The summed E-state index contributed by atoms with van der Waals surface area (Å²) in [6, 6.07) is 20.6. The van der Waals surface area contributed by atoms with Crippen molar-refractivity contribution in [3.8, 4) is 0 Å². The van der Waals surface area contributed by atoms with Crippen LogP contribution >= 0.6 is 0 Å². The van der Waals surface area contributed by atoms with Gasteiger partial charge in [0, 0.05) is 6.61 Å². The maximum absolute atomic E-state index is 4.97. The summed E-state index contributed by atoms with van der Waals surface area (Å²) in [7, 11) is -0.0860. The van der Waals surface area contributed by atoms with Crippen LogP contribution in [0.3, 0.4) is 0 Å². The largest absolute Gasteiger partial charge is 2.00 e. The number of benzene rings is 2. The van der Waals surface area contributed by atoms with Gasteiger partial charge in [0.1, 0.15) is 0 Å². The molecule has 0 unspecified atom stereocenters. The first kappa shape index (κ1) is 39.9. The van der Waals surface area contributed by atoms with Crippen molar-refractivity contribution in [1.29, 1.82) is 0 Å². The van der Waals surface area contributed by atoms with Gasteiger partial charge >= 0.3 is 26.2 Å². The van der Waals surface area contributed by atoms with Crippen LogP contribution in [-0.4, -0.2) is 16.4 Å². The number of allylic oxidation sites excluding steroid dienone is 10. The molecule has 224 valence electrons. The van der Waals surface area contributed by atoms with Crippen LogP contribution in [0.2, 0.25) is 6.55 Å². The summed E-state index contributed by atoms with van der Waals surface area (Å²) < 4.78 is 4.97. The van der Waals surface area contributed by atoms with Crippen LogP contribution in [0.1, 0.15) is 87.3 Å². The third-order valence-electron chi connectivity index (χ3n) is 7.82. The van der Waals surface area contributed by atoms with E-state index in [-0.39, 0.29) is 46.8 Å². The van der Waals surface area contributed by atoms with Gasteiger partial charge in [0.25, 0.3) is 0 Å². The molecule has 0 amide bonds. The van der Waals surface area contributed by atoms with Crippen LogP contribution in [0.4, 0.5) is 0 Å². The van der Waals surface area contributed by atoms with Gasteiger partial charge in [-0.1, -0.05) is 158 Å². The van der Waals surface area contributed by atoms with E-state index in [1.54, 1.807) is 0 Å². The van der Waals surface area contributed by atoms with E-state index in [9.17, 15) is 0 Å². The molecular weight excluding hydrogens is 604 g/mol. The molecule has 0 spiro atoms. The Labute approximate surface area is 280 Å². The van der Waals surface area contributed by atoms with Crippen LogP contribution in [0, 0.1) is 23.0 Å². The first-order valence-electron chi connectivity index (χ1n) is 14.9. The molecule has 2 aliphatic rings. The van der Waals surface area contributed by atoms with Crippen molar-refractivity contribution < 1.29 is 30.6 Å². The fourth-order valence-corrected chi connectivity index (χ4v) is 4.89. The zero-order valence-corrected chi connectivity index (χ0v) is 32.3. The van der Waals surface area contributed by atoms with E-state index in [1.165, 1.54) is 44.6 Å². The molecule has 0 N–H and O–H groups in total. The van der Waals surface area contributed by atoms with Crippen molar-refractivity contribution in [2.24, 2.45) is 10.8 Å². The average Bonchev–Trinajstić information content (AvgIpc) is 3.24. The predicted octanol–water partition coefficient (Wildman–Crippen LogP) is 10.8. The molecule has 0 bridgehead atoms. The third kappa shape index (κ3) is 13.9.